The number of methoxy groups -OCH3 is 2. The predicted octanol–water partition coefficient (Wildman–Crippen LogP) is 2.89. The molecule has 11 heteroatoms. The lowest BCUT2D eigenvalue weighted by Crippen LogP contribution is -2.37. The Morgan fingerprint density at radius 2 is 1.62 bits per heavy atom. The maximum absolute atomic E-state index is 13.2. The smallest absolute Gasteiger partial charge is 0.258 e. The van der Waals surface area contributed by atoms with Gasteiger partial charge in [-0.1, -0.05) is 30.3 Å². The topological polar surface area (TPSA) is 140 Å². The molecule has 0 saturated heterocycles. The summed E-state index contributed by atoms with van der Waals surface area (Å²) in [7, 11) is -0.688. The molecule has 1 heterocycles. The lowest BCUT2D eigenvalue weighted by molar-refractivity contribution is -0.116. The third-order valence-electron chi connectivity index (χ3n) is 5.71. The van der Waals surface area contributed by atoms with E-state index in [0.29, 0.717) is 39.7 Å². The van der Waals surface area contributed by atoms with E-state index in [-0.39, 0.29) is 11.6 Å². The fourth-order valence-electron chi connectivity index (χ4n) is 4.03. The Labute approximate surface area is 214 Å². The van der Waals surface area contributed by atoms with Gasteiger partial charge in [0.2, 0.25) is 15.9 Å². The van der Waals surface area contributed by atoms with Gasteiger partial charge >= 0.3 is 0 Å². The van der Waals surface area contributed by atoms with E-state index in [1.165, 1.54) is 14.2 Å². The zero-order valence-corrected chi connectivity index (χ0v) is 21.3. The van der Waals surface area contributed by atoms with Crippen molar-refractivity contribution in [2.75, 3.05) is 42.0 Å². The molecule has 37 heavy (non-hydrogen) atoms. The molecule has 0 fully saturated rings. The van der Waals surface area contributed by atoms with Gasteiger partial charge < -0.3 is 25.8 Å². The van der Waals surface area contributed by atoms with E-state index in [1.54, 1.807) is 36.4 Å². The Morgan fingerprint density at radius 1 is 1.00 bits per heavy atom. The molecular weight excluding hydrogens is 496 g/mol. The van der Waals surface area contributed by atoms with Crippen LogP contribution in [0.1, 0.15) is 11.1 Å². The van der Waals surface area contributed by atoms with Crippen molar-refractivity contribution in [3.8, 4) is 11.5 Å². The van der Waals surface area contributed by atoms with Gasteiger partial charge in [0.25, 0.3) is 5.91 Å². The highest BCUT2D eigenvalue weighted by Gasteiger charge is 2.30. The molecule has 1 aliphatic rings. The van der Waals surface area contributed by atoms with Crippen LogP contribution in [0.3, 0.4) is 0 Å². The van der Waals surface area contributed by atoms with Crippen LogP contribution >= 0.6 is 0 Å². The summed E-state index contributed by atoms with van der Waals surface area (Å²) in [5.41, 5.74) is 9.01. The third-order valence-corrected chi connectivity index (χ3v) is 6.85. The third kappa shape index (κ3) is 5.36. The predicted molar refractivity (Wildman–Crippen MR) is 143 cm³/mol. The molecular formula is C26H26N4O6S. The molecule has 0 bridgehead atoms. The molecule has 0 radical (unpaired) electrons. The number of sulfonamides is 1. The molecule has 0 aromatic heterocycles. The van der Waals surface area contributed by atoms with E-state index in [9.17, 15) is 18.0 Å². The molecule has 0 unspecified atom stereocenters. The number of hydrogen-bond donors (Lipinski definition) is 3. The lowest BCUT2D eigenvalue weighted by atomic mass is 9.99. The fourth-order valence-corrected chi connectivity index (χ4v) is 4.89. The Balaban J connectivity index is 1.80. The number of fused-ring (bicyclic) bond motifs is 1. The van der Waals surface area contributed by atoms with Gasteiger partial charge in [-0.2, -0.15) is 0 Å². The van der Waals surface area contributed by atoms with E-state index < -0.39 is 22.5 Å². The maximum atomic E-state index is 13.2. The van der Waals surface area contributed by atoms with Crippen molar-refractivity contribution in [1.82, 2.24) is 0 Å². The Kier molecular flexibility index (Phi) is 7.07. The van der Waals surface area contributed by atoms with Gasteiger partial charge in [0.1, 0.15) is 6.54 Å². The average Bonchev–Trinajstić information content (AvgIpc) is 3.19. The Hall–Kier alpha value is -4.51. The largest absolute Gasteiger partial charge is 0.493 e. The first kappa shape index (κ1) is 25.6. The summed E-state index contributed by atoms with van der Waals surface area (Å²) in [5.74, 6) is -0.124. The molecule has 0 aliphatic carbocycles. The number of benzene rings is 3. The van der Waals surface area contributed by atoms with Gasteiger partial charge in [0, 0.05) is 17.3 Å². The molecule has 10 nitrogen and oxygen atoms in total. The van der Waals surface area contributed by atoms with Crippen molar-refractivity contribution in [2.24, 2.45) is 5.73 Å². The summed E-state index contributed by atoms with van der Waals surface area (Å²) < 4.78 is 36.1. The number of ether oxygens (including phenoxy) is 2. The van der Waals surface area contributed by atoms with Crippen LogP contribution in [0.2, 0.25) is 0 Å². The monoisotopic (exact) mass is 522 g/mol. The Bertz CT molecular complexity index is 1490. The van der Waals surface area contributed by atoms with E-state index >= 15 is 0 Å². The van der Waals surface area contributed by atoms with Gasteiger partial charge in [-0.3, -0.25) is 13.9 Å². The molecule has 0 atom stereocenters. The molecule has 3 aromatic rings. The minimum Gasteiger partial charge on any atom is -0.493 e. The number of carbonyl (C=O) groups excluding carboxylic acids is 2. The summed E-state index contributed by atoms with van der Waals surface area (Å²) in [6.45, 7) is -0.479. The minimum atomic E-state index is -3.73. The number of carbonyl (C=O) groups is 2. The molecule has 2 amide bonds. The number of rotatable bonds is 9. The molecule has 0 saturated carbocycles. The molecule has 1 aliphatic heterocycles. The van der Waals surface area contributed by atoms with Crippen molar-refractivity contribution < 1.29 is 27.5 Å². The number of anilines is 3. The van der Waals surface area contributed by atoms with Crippen LogP contribution in [-0.4, -0.2) is 47.3 Å². The summed E-state index contributed by atoms with van der Waals surface area (Å²) in [6, 6.07) is 19.2. The second-order valence-electron chi connectivity index (χ2n) is 8.23. The van der Waals surface area contributed by atoms with Crippen LogP contribution in [-0.2, 0) is 19.6 Å². The summed E-state index contributed by atoms with van der Waals surface area (Å²) in [4.78, 5) is 24.6. The number of amides is 2. The maximum Gasteiger partial charge on any atom is 0.258 e. The summed E-state index contributed by atoms with van der Waals surface area (Å²) >= 11 is 0. The van der Waals surface area contributed by atoms with Gasteiger partial charge in [-0.25, -0.2) is 8.42 Å². The van der Waals surface area contributed by atoms with Crippen molar-refractivity contribution in [2.45, 2.75) is 0 Å². The molecule has 4 rings (SSSR count). The second kappa shape index (κ2) is 10.2. The quantitative estimate of drug-likeness (QED) is 0.367. The highest BCUT2D eigenvalue weighted by atomic mass is 32.2. The number of nitrogens with one attached hydrogen (secondary N) is 2. The van der Waals surface area contributed by atoms with Crippen molar-refractivity contribution in [1.29, 1.82) is 0 Å². The minimum absolute atomic E-state index is 0.279. The number of primary amides is 1. The lowest BCUT2D eigenvalue weighted by Gasteiger charge is -2.21. The Morgan fingerprint density at radius 3 is 2.19 bits per heavy atom. The number of nitrogens with zero attached hydrogens (tertiary/aromatic N) is 1. The van der Waals surface area contributed by atoms with E-state index in [2.05, 4.69) is 10.6 Å². The van der Waals surface area contributed by atoms with Crippen LogP contribution in [0, 0.1) is 0 Å². The first-order valence-corrected chi connectivity index (χ1v) is 13.0. The average molecular weight is 523 g/mol. The highest BCUT2D eigenvalue weighted by Crippen LogP contribution is 2.43. The SMILES string of the molecule is COc1cc2c(cc1OC)/C(=C(/Nc1ccc(N(CC(N)=O)S(C)(=O)=O)cc1)c1ccccc1)C(=O)N2. The fraction of sp³-hybridized carbons (Fsp3) is 0.154. The number of nitrogens with two attached hydrogens (primary N) is 1. The van der Waals surface area contributed by atoms with Crippen molar-refractivity contribution in [3.05, 3.63) is 77.9 Å². The second-order valence-corrected chi connectivity index (χ2v) is 10.1. The van der Waals surface area contributed by atoms with Crippen molar-refractivity contribution >= 4 is 50.2 Å². The van der Waals surface area contributed by atoms with Crippen LogP contribution in [0.15, 0.2) is 66.7 Å². The molecule has 4 N–H and O–H groups in total. The highest BCUT2D eigenvalue weighted by molar-refractivity contribution is 7.92. The van der Waals surface area contributed by atoms with Crippen LogP contribution in [0.5, 0.6) is 11.5 Å². The van der Waals surface area contributed by atoms with E-state index in [1.807, 2.05) is 30.3 Å². The van der Waals surface area contributed by atoms with Crippen LogP contribution in [0.4, 0.5) is 17.1 Å². The van der Waals surface area contributed by atoms with Gasteiger partial charge in [0.15, 0.2) is 11.5 Å². The standard InChI is InChI=1S/C26H26N4O6S/c1-35-21-13-19-20(14-22(21)36-2)29-26(32)24(19)25(16-7-5-4-6-8-16)28-17-9-11-18(12-10-17)30(15-23(27)31)37(3,33)34/h4-14,28H,15H2,1-3H3,(H2,27,31)(H,29,32)/b25-24-. The van der Waals surface area contributed by atoms with E-state index in [4.69, 9.17) is 15.2 Å². The van der Waals surface area contributed by atoms with Crippen LogP contribution in [0.25, 0.3) is 11.3 Å². The van der Waals surface area contributed by atoms with E-state index in [0.717, 1.165) is 16.1 Å². The normalized spacial score (nSPS) is 13.9. The zero-order valence-electron chi connectivity index (χ0n) is 20.4. The number of hydrogen-bond acceptors (Lipinski definition) is 7. The zero-order chi connectivity index (χ0) is 26.7. The first-order valence-electron chi connectivity index (χ1n) is 11.1. The first-order chi connectivity index (χ1) is 17.6. The van der Waals surface area contributed by atoms with Gasteiger partial charge in [-0.15, -0.1) is 0 Å². The molecule has 0 spiro atoms. The van der Waals surface area contributed by atoms with Crippen LogP contribution < -0.4 is 30.1 Å². The molecule has 192 valence electrons. The summed E-state index contributed by atoms with van der Waals surface area (Å²) in [6.07, 6.45) is 0.999. The summed E-state index contributed by atoms with van der Waals surface area (Å²) in [5, 5.41) is 6.19. The molecule has 3 aromatic carbocycles. The van der Waals surface area contributed by atoms with Gasteiger partial charge in [-0.05, 0) is 35.9 Å². The van der Waals surface area contributed by atoms with Crippen molar-refractivity contribution in [3.63, 3.8) is 0 Å². The van der Waals surface area contributed by atoms with Gasteiger partial charge in [0.05, 0.1) is 43.1 Å².